The molecule has 3 rings (SSSR count). The summed E-state index contributed by atoms with van der Waals surface area (Å²) in [7, 11) is 0. The molecule has 0 atom stereocenters. The molecule has 1 aliphatic heterocycles. The molecular formula is C22H30N6O2. The molecule has 0 bridgehead atoms. The molecule has 1 aromatic heterocycles. The van der Waals surface area contributed by atoms with Gasteiger partial charge in [0.05, 0.1) is 0 Å². The number of piperazine rings is 1. The van der Waals surface area contributed by atoms with Crippen molar-refractivity contribution in [1.82, 2.24) is 15.2 Å². The number of nitrogens with two attached hydrogens (primary N) is 1. The van der Waals surface area contributed by atoms with Gasteiger partial charge in [0.15, 0.2) is 12.6 Å². The zero-order valence-corrected chi connectivity index (χ0v) is 17.5. The number of hydrogen-bond acceptors (Lipinski definition) is 5. The summed E-state index contributed by atoms with van der Waals surface area (Å²) in [6.07, 6.45) is 2.67. The van der Waals surface area contributed by atoms with Crippen molar-refractivity contribution >= 4 is 17.7 Å². The Morgan fingerprint density at radius 1 is 1.17 bits per heavy atom. The van der Waals surface area contributed by atoms with Crippen molar-refractivity contribution in [2.24, 2.45) is 10.7 Å². The van der Waals surface area contributed by atoms with Crippen LogP contribution in [0.1, 0.15) is 12.5 Å². The van der Waals surface area contributed by atoms with Gasteiger partial charge in [-0.1, -0.05) is 18.2 Å². The second-order valence-electron chi connectivity index (χ2n) is 7.05. The maximum atomic E-state index is 10.8. The highest BCUT2D eigenvalue weighted by molar-refractivity contribution is 5.80. The summed E-state index contributed by atoms with van der Waals surface area (Å²) >= 11 is 0. The monoisotopic (exact) mass is 410 g/mol. The van der Waals surface area contributed by atoms with Crippen LogP contribution in [0.5, 0.6) is 5.75 Å². The third kappa shape index (κ3) is 6.37. The zero-order valence-electron chi connectivity index (χ0n) is 17.5. The van der Waals surface area contributed by atoms with Crippen LogP contribution in [0.3, 0.4) is 0 Å². The van der Waals surface area contributed by atoms with Crippen molar-refractivity contribution in [3.8, 4) is 5.75 Å². The first-order valence-corrected chi connectivity index (χ1v) is 10.3. The van der Waals surface area contributed by atoms with Crippen molar-refractivity contribution in [2.75, 3.05) is 50.8 Å². The van der Waals surface area contributed by atoms with Crippen molar-refractivity contribution in [3.63, 3.8) is 0 Å². The number of nitrogens with zero attached hydrogens (tertiary/aromatic N) is 4. The fourth-order valence-electron chi connectivity index (χ4n) is 3.31. The van der Waals surface area contributed by atoms with E-state index in [0.29, 0.717) is 12.3 Å². The average molecular weight is 411 g/mol. The van der Waals surface area contributed by atoms with Crippen LogP contribution in [-0.4, -0.2) is 67.6 Å². The van der Waals surface area contributed by atoms with Gasteiger partial charge in [-0.15, -0.1) is 0 Å². The zero-order chi connectivity index (χ0) is 21.2. The number of aliphatic imine (C=N–C) groups is 1. The molecule has 160 valence electrons. The number of ether oxygens (including phenoxy) is 1. The van der Waals surface area contributed by atoms with Gasteiger partial charge in [0.25, 0.3) is 5.91 Å². The number of amides is 1. The summed E-state index contributed by atoms with van der Waals surface area (Å²) in [5, 5.41) is 3.41. The van der Waals surface area contributed by atoms with Crippen molar-refractivity contribution in [3.05, 3.63) is 54.2 Å². The third-order valence-corrected chi connectivity index (χ3v) is 4.85. The minimum Gasteiger partial charge on any atom is -0.484 e. The van der Waals surface area contributed by atoms with Gasteiger partial charge in [-0.3, -0.25) is 9.79 Å². The van der Waals surface area contributed by atoms with Crippen LogP contribution in [0.4, 0.5) is 5.82 Å². The summed E-state index contributed by atoms with van der Waals surface area (Å²) in [6, 6.07) is 13.7. The van der Waals surface area contributed by atoms with Gasteiger partial charge < -0.3 is 25.6 Å². The number of primary amides is 1. The largest absolute Gasteiger partial charge is 0.484 e. The summed E-state index contributed by atoms with van der Waals surface area (Å²) in [4.78, 5) is 24.7. The molecule has 1 aromatic carbocycles. The fraction of sp³-hybridized carbons (Fsp3) is 0.409. The van der Waals surface area contributed by atoms with Crippen molar-refractivity contribution < 1.29 is 9.53 Å². The molecule has 1 aliphatic rings. The number of pyridine rings is 1. The number of carbonyl (C=O) groups excluding carboxylic acids is 1. The molecule has 0 spiro atoms. The minimum atomic E-state index is -0.481. The van der Waals surface area contributed by atoms with Crippen LogP contribution in [-0.2, 0) is 11.2 Å². The molecule has 8 nitrogen and oxygen atoms in total. The van der Waals surface area contributed by atoms with E-state index in [0.717, 1.165) is 50.9 Å². The van der Waals surface area contributed by atoms with Crippen LogP contribution < -0.4 is 20.7 Å². The van der Waals surface area contributed by atoms with Crippen molar-refractivity contribution in [2.45, 2.75) is 13.3 Å². The Morgan fingerprint density at radius 3 is 2.57 bits per heavy atom. The second kappa shape index (κ2) is 11.0. The van der Waals surface area contributed by atoms with Gasteiger partial charge in [-0.25, -0.2) is 4.98 Å². The van der Waals surface area contributed by atoms with Crippen LogP contribution in [0, 0.1) is 0 Å². The number of benzene rings is 1. The van der Waals surface area contributed by atoms with Gasteiger partial charge in [0.2, 0.25) is 0 Å². The predicted octanol–water partition coefficient (Wildman–Crippen LogP) is 1.28. The highest BCUT2D eigenvalue weighted by Gasteiger charge is 2.20. The third-order valence-electron chi connectivity index (χ3n) is 4.85. The Labute approximate surface area is 177 Å². The smallest absolute Gasteiger partial charge is 0.255 e. The van der Waals surface area contributed by atoms with Gasteiger partial charge in [-0.2, -0.15) is 0 Å². The average Bonchev–Trinajstić information content (AvgIpc) is 2.79. The van der Waals surface area contributed by atoms with E-state index >= 15 is 0 Å². The van der Waals surface area contributed by atoms with E-state index in [4.69, 9.17) is 15.5 Å². The first-order valence-electron chi connectivity index (χ1n) is 10.3. The van der Waals surface area contributed by atoms with Crippen LogP contribution in [0.25, 0.3) is 0 Å². The number of carbonyl (C=O) groups is 1. The lowest BCUT2D eigenvalue weighted by atomic mass is 10.1. The molecule has 3 N–H and O–H groups in total. The molecule has 2 heterocycles. The summed E-state index contributed by atoms with van der Waals surface area (Å²) in [5.41, 5.74) is 6.26. The Morgan fingerprint density at radius 2 is 1.93 bits per heavy atom. The van der Waals surface area contributed by atoms with Crippen LogP contribution in [0.15, 0.2) is 53.7 Å². The summed E-state index contributed by atoms with van der Waals surface area (Å²) in [5.74, 6) is 2.15. The van der Waals surface area contributed by atoms with E-state index in [1.165, 1.54) is 5.56 Å². The first-order chi connectivity index (χ1) is 14.7. The van der Waals surface area contributed by atoms with Crippen molar-refractivity contribution in [1.29, 1.82) is 0 Å². The van der Waals surface area contributed by atoms with E-state index < -0.39 is 5.91 Å². The number of rotatable bonds is 8. The molecule has 1 fully saturated rings. The van der Waals surface area contributed by atoms with E-state index in [1.807, 2.05) is 42.6 Å². The molecule has 0 radical (unpaired) electrons. The summed E-state index contributed by atoms with van der Waals surface area (Å²) in [6.45, 7) is 7.19. The molecular weight excluding hydrogens is 380 g/mol. The Kier molecular flexibility index (Phi) is 7.88. The number of guanidine groups is 1. The highest BCUT2D eigenvalue weighted by Crippen LogP contribution is 2.14. The molecule has 30 heavy (non-hydrogen) atoms. The van der Waals surface area contributed by atoms with Crippen LogP contribution in [0.2, 0.25) is 0 Å². The number of aromatic nitrogens is 1. The molecule has 2 aromatic rings. The SMILES string of the molecule is CCNC(=NCCc1ccc(OCC(N)=O)cc1)N1CCN(c2ccccn2)CC1. The maximum absolute atomic E-state index is 10.8. The lowest BCUT2D eigenvalue weighted by Gasteiger charge is -2.37. The van der Waals surface area contributed by atoms with E-state index in [9.17, 15) is 4.79 Å². The van der Waals surface area contributed by atoms with E-state index in [2.05, 4.69) is 33.1 Å². The number of nitrogens with one attached hydrogen (secondary N) is 1. The van der Waals surface area contributed by atoms with Gasteiger partial charge in [0.1, 0.15) is 11.6 Å². The highest BCUT2D eigenvalue weighted by atomic mass is 16.5. The standard InChI is InChI=1S/C22H30N6O2/c1-2-24-22(28-15-13-27(14-16-28)21-5-3-4-11-25-21)26-12-10-18-6-8-19(9-7-18)30-17-20(23)29/h3-9,11H,2,10,12-17H2,1H3,(H2,23,29)(H,24,26). The van der Waals surface area contributed by atoms with E-state index in [-0.39, 0.29) is 6.61 Å². The van der Waals surface area contributed by atoms with Gasteiger partial charge >= 0.3 is 0 Å². The molecule has 0 unspecified atom stereocenters. The molecule has 0 saturated carbocycles. The second-order valence-corrected chi connectivity index (χ2v) is 7.05. The molecule has 0 aliphatic carbocycles. The topological polar surface area (TPSA) is 96.1 Å². The lowest BCUT2D eigenvalue weighted by molar-refractivity contribution is -0.119. The molecule has 1 amide bonds. The maximum Gasteiger partial charge on any atom is 0.255 e. The number of hydrogen-bond donors (Lipinski definition) is 2. The van der Waals surface area contributed by atoms with Gasteiger partial charge in [-0.05, 0) is 43.2 Å². The Hall–Kier alpha value is -3.29. The first kappa shape index (κ1) is 21.4. The molecule has 8 heteroatoms. The number of anilines is 1. The fourth-order valence-corrected chi connectivity index (χ4v) is 3.31. The quantitative estimate of drug-likeness (QED) is 0.503. The lowest BCUT2D eigenvalue weighted by Crippen LogP contribution is -2.52. The van der Waals surface area contributed by atoms with Gasteiger partial charge in [0, 0.05) is 45.5 Å². The summed E-state index contributed by atoms with van der Waals surface area (Å²) < 4.78 is 5.29. The normalized spacial score (nSPS) is 14.5. The van der Waals surface area contributed by atoms with Crippen LogP contribution >= 0.6 is 0 Å². The Balaban J connectivity index is 1.50. The predicted molar refractivity (Wildman–Crippen MR) is 119 cm³/mol. The molecule has 1 saturated heterocycles. The Bertz CT molecular complexity index is 817. The van der Waals surface area contributed by atoms with E-state index in [1.54, 1.807) is 0 Å². The minimum absolute atomic E-state index is 0.108.